The van der Waals surface area contributed by atoms with Crippen LogP contribution in [0.25, 0.3) is 0 Å². The molecule has 0 spiro atoms. The SMILES string of the molecule is CCCNc1nc(C2CC2)nc(Sc2cnccn2)c1C. The lowest BCUT2D eigenvalue weighted by Gasteiger charge is -2.13. The monoisotopic (exact) mass is 301 g/mol. The average molecular weight is 301 g/mol. The van der Waals surface area contributed by atoms with Gasteiger partial charge in [0.25, 0.3) is 0 Å². The minimum absolute atomic E-state index is 0.536. The van der Waals surface area contributed by atoms with Gasteiger partial charge in [-0.15, -0.1) is 0 Å². The molecule has 1 N–H and O–H groups in total. The van der Waals surface area contributed by atoms with E-state index >= 15 is 0 Å². The predicted octanol–water partition coefficient (Wildman–Crippen LogP) is 3.43. The van der Waals surface area contributed by atoms with Crippen LogP contribution in [0.1, 0.15) is 43.5 Å². The van der Waals surface area contributed by atoms with Crippen molar-refractivity contribution in [2.24, 2.45) is 0 Å². The van der Waals surface area contributed by atoms with Crippen molar-refractivity contribution in [3.63, 3.8) is 0 Å². The Labute approximate surface area is 129 Å². The van der Waals surface area contributed by atoms with Crippen molar-refractivity contribution in [1.29, 1.82) is 0 Å². The van der Waals surface area contributed by atoms with Gasteiger partial charge in [-0.25, -0.2) is 15.0 Å². The molecule has 0 radical (unpaired) electrons. The highest BCUT2D eigenvalue weighted by molar-refractivity contribution is 7.99. The molecule has 2 heterocycles. The Bertz CT molecular complexity index is 613. The van der Waals surface area contributed by atoms with Crippen LogP contribution in [0.5, 0.6) is 0 Å². The van der Waals surface area contributed by atoms with Gasteiger partial charge in [0.05, 0.1) is 6.20 Å². The Hall–Kier alpha value is -1.69. The lowest BCUT2D eigenvalue weighted by molar-refractivity contribution is 0.852. The molecule has 0 aliphatic heterocycles. The molecule has 0 unspecified atom stereocenters. The van der Waals surface area contributed by atoms with Gasteiger partial charge in [-0.05, 0) is 37.9 Å². The van der Waals surface area contributed by atoms with Crippen LogP contribution < -0.4 is 5.32 Å². The first-order valence-electron chi connectivity index (χ1n) is 7.34. The summed E-state index contributed by atoms with van der Waals surface area (Å²) in [6, 6.07) is 0. The molecule has 0 amide bonds. The van der Waals surface area contributed by atoms with Gasteiger partial charge >= 0.3 is 0 Å². The van der Waals surface area contributed by atoms with Crippen molar-refractivity contribution in [2.45, 2.75) is 49.1 Å². The molecular formula is C15H19N5S. The van der Waals surface area contributed by atoms with Crippen LogP contribution in [0, 0.1) is 6.92 Å². The molecule has 1 fully saturated rings. The highest BCUT2D eigenvalue weighted by atomic mass is 32.2. The first kappa shape index (κ1) is 14.3. The summed E-state index contributed by atoms with van der Waals surface area (Å²) in [5.41, 5.74) is 1.09. The fourth-order valence-electron chi connectivity index (χ4n) is 1.99. The number of hydrogen-bond acceptors (Lipinski definition) is 6. The zero-order valence-corrected chi connectivity index (χ0v) is 13.2. The van der Waals surface area contributed by atoms with E-state index in [0.717, 1.165) is 40.2 Å². The molecular weight excluding hydrogens is 282 g/mol. The van der Waals surface area contributed by atoms with E-state index in [-0.39, 0.29) is 0 Å². The van der Waals surface area contributed by atoms with E-state index in [2.05, 4.69) is 29.1 Å². The minimum atomic E-state index is 0.536. The third-order valence-electron chi connectivity index (χ3n) is 3.34. The van der Waals surface area contributed by atoms with Gasteiger partial charge in [-0.2, -0.15) is 0 Å². The molecule has 0 bridgehead atoms. The maximum absolute atomic E-state index is 4.74. The van der Waals surface area contributed by atoms with E-state index in [9.17, 15) is 0 Å². The van der Waals surface area contributed by atoms with Gasteiger partial charge in [0.1, 0.15) is 21.7 Å². The molecule has 2 aromatic heterocycles. The van der Waals surface area contributed by atoms with Crippen molar-refractivity contribution in [2.75, 3.05) is 11.9 Å². The van der Waals surface area contributed by atoms with Crippen molar-refractivity contribution < 1.29 is 0 Å². The lowest BCUT2D eigenvalue weighted by Crippen LogP contribution is -2.08. The van der Waals surface area contributed by atoms with Gasteiger partial charge < -0.3 is 5.32 Å². The molecule has 1 saturated carbocycles. The van der Waals surface area contributed by atoms with E-state index < -0.39 is 0 Å². The molecule has 0 aromatic carbocycles. The Kier molecular flexibility index (Phi) is 4.34. The van der Waals surface area contributed by atoms with Crippen LogP contribution in [-0.2, 0) is 0 Å². The standard InChI is InChI=1S/C15H19N5S/c1-3-6-18-13-10(2)15(20-14(19-13)11-4-5-11)21-12-9-16-7-8-17-12/h7-9,11H,3-6H2,1-2H3,(H,18,19,20). The van der Waals surface area contributed by atoms with E-state index in [1.54, 1.807) is 30.4 Å². The highest BCUT2D eigenvalue weighted by Crippen LogP contribution is 2.40. The van der Waals surface area contributed by atoms with Crippen LogP contribution in [-0.4, -0.2) is 26.5 Å². The molecule has 6 heteroatoms. The second kappa shape index (κ2) is 6.39. The van der Waals surface area contributed by atoms with Crippen molar-refractivity contribution >= 4 is 17.6 Å². The summed E-state index contributed by atoms with van der Waals surface area (Å²) in [6.07, 6.45) is 8.63. The maximum atomic E-state index is 4.74. The fourth-order valence-corrected chi connectivity index (χ4v) is 2.80. The summed E-state index contributed by atoms with van der Waals surface area (Å²) in [6.45, 7) is 5.14. The molecule has 1 aliphatic rings. The topological polar surface area (TPSA) is 63.6 Å². The third kappa shape index (κ3) is 3.50. The second-order valence-corrected chi connectivity index (χ2v) is 6.22. The van der Waals surface area contributed by atoms with E-state index in [1.807, 2.05) is 0 Å². The summed E-state index contributed by atoms with van der Waals surface area (Å²) < 4.78 is 0. The Balaban J connectivity index is 1.91. The third-order valence-corrected chi connectivity index (χ3v) is 4.35. The number of nitrogens with zero attached hydrogens (tertiary/aromatic N) is 4. The minimum Gasteiger partial charge on any atom is -0.370 e. The average Bonchev–Trinajstić information content (AvgIpc) is 3.34. The number of rotatable bonds is 6. The molecule has 2 aromatic rings. The summed E-state index contributed by atoms with van der Waals surface area (Å²) in [7, 11) is 0. The van der Waals surface area contributed by atoms with Gasteiger partial charge in [0.2, 0.25) is 0 Å². The molecule has 5 nitrogen and oxygen atoms in total. The Morgan fingerprint density at radius 3 is 2.81 bits per heavy atom. The summed E-state index contributed by atoms with van der Waals surface area (Å²) in [5.74, 6) is 2.46. The van der Waals surface area contributed by atoms with Crippen LogP contribution in [0.4, 0.5) is 5.82 Å². The van der Waals surface area contributed by atoms with Crippen LogP contribution >= 0.6 is 11.8 Å². The lowest BCUT2D eigenvalue weighted by atomic mass is 10.3. The molecule has 1 aliphatic carbocycles. The Morgan fingerprint density at radius 2 is 2.14 bits per heavy atom. The smallest absolute Gasteiger partial charge is 0.135 e. The van der Waals surface area contributed by atoms with E-state index in [4.69, 9.17) is 9.97 Å². The number of nitrogens with one attached hydrogen (secondary N) is 1. The van der Waals surface area contributed by atoms with Gasteiger partial charge in [0.15, 0.2) is 0 Å². The quantitative estimate of drug-likeness (QED) is 0.825. The predicted molar refractivity (Wildman–Crippen MR) is 83.7 cm³/mol. The summed E-state index contributed by atoms with van der Waals surface area (Å²) >= 11 is 1.56. The van der Waals surface area contributed by atoms with Gasteiger partial charge in [-0.3, -0.25) is 4.98 Å². The summed E-state index contributed by atoms with van der Waals surface area (Å²) in [4.78, 5) is 17.9. The van der Waals surface area contributed by atoms with Crippen molar-refractivity contribution in [1.82, 2.24) is 19.9 Å². The number of anilines is 1. The van der Waals surface area contributed by atoms with Crippen molar-refractivity contribution in [3.05, 3.63) is 30.0 Å². The van der Waals surface area contributed by atoms with Crippen LogP contribution in [0.15, 0.2) is 28.6 Å². The van der Waals surface area contributed by atoms with Crippen LogP contribution in [0.2, 0.25) is 0 Å². The highest BCUT2D eigenvalue weighted by Gasteiger charge is 2.28. The summed E-state index contributed by atoms with van der Waals surface area (Å²) in [5, 5.41) is 5.25. The molecule has 110 valence electrons. The molecule has 0 saturated heterocycles. The van der Waals surface area contributed by atoms with Gasteiger partial charge in [0, 0.05) is 30.4 Å². The fraction of sp³-hybridized carbons (Fsp3) is 0.467. The first-order chi connectivity index (χ1) is 10.3. The second-order valence-electron chi connectivity index (χ2n) is 5.21. The van der Waals surface area contributed by atoms with Gasteiger partial charge in [-0.1, -0.05) is 6.92 Å². The molecule has 0 atom stereocenters. The van der Waals surface area contributed by atoms with Crippen LogP contribution in [0.3, 0.4) is 0 Å². The molecule has 3 rings (SSSR count). The molecule has 21 heavy (non-hydrogen) atoms. The van der Waals surface area contributed by atoms with Crippen molar-refractivity contribution in [3.8, 4) is 0 Å². The zero-order valence-electron chi connectivity index (χ0n) is 12.3. The number of aromatic nitrogens is 4. The number of hydrogen-bond donors (Lipinski definition) is 1. The van der Waals surface area contributed by atoms with E-state index in [0.29, 0.717) is 5.92 Å². The maximum Gasteiger partial charge on any atom is 0.135 e. The van der Waals surface area contributed by atoms with E-state index in [1.165, 1.54) is 12.8 Å². The largest absolute Gasteiger partial charge is 0.370 e. The first-order valence-corrected chi connectivity index (χ1v) is 8.16. The normalized spacial score (nSPS) is 14.2. The zero-order chi connectivity index (χ0) is 14.7. The Morgan fingerprint density at radius 1 is 1.29 bits per heavy atom.